The summed E-state index contributed by atoms with van der Waals surface area (Å²) in [6.07, 6.45) is 2.74. The Balaban J connectivity index is 1.46. The van der Waals surface area contributed by atoms with Crippen LogP contribution in [0.3, 0.4) is 0 Å². The largest absolute Gasteiger partial charge is 0.459 e. The first kappa shape index (κ1) is 22.8. The number of aliphatic imine (C=N–C) groups is 1. The van der Waals surface area contributed by atoms with Gasteiger partial charge in [-0.2, -0.15) is 0 Å². The van der Waals surface area contributed by atoms with Gasteiger partial charge in [0, 0.05) is 13.0 Å². The van der Waals surface area contributed by atoms with Gasteiger partial charge in [0.1, 0.15) is 11.7 Å². The molecule has 2 N–H and O–H groups in total. The molecule has 0 atom stereocenters. The molecule has 0 aromatic heterocycles. The Morgan fingerprint density at radius 3 is 2.45 bits per heavy atom. The monoisotopic (exact) mass is 455 g/mol. The molecule has 6 nitrogen and oxygen atoms in total. The van der Waals surface area contributed by atoms with E-state index in [2.05, 4.69) is 15.6 Å². The molecule has 0 saturated heterocycles. The third kappa shape index (κ3) is 5.16. The Labute approximate surface area is 191 Å². The van der Waals surface area contributed by atoms with Gasteiger partial charge in [0.05, 0.1) is 5.41 Å². The molecule has 2 aliphatic rings. The van der Waals surface area contributed by atoms with E-state index in [1.54, 1.807) is 12.1 Å². The highest BCUT2D eigenvalue weighted by molar-refractivity contribution is 6.05. The summed E-state index contributed by atoms with van der Waals surface area (Å²) in [5.74, 6) is 1.41. The molecule has 2 aromatic rings. The van der Waals surface area contributed by atoms with E-state index in [0.29, 0.717) is 37.2 Å². The SMILES string of the molecule is CC1=C(NCc2ccccc2)N=C(NC(=O)C2(c3ccc(OCF)c(OCF)c3)CC2)CC1. The molecule has 1 heterocycles. The van der Waals surface area contributed by atoms with Crippen LogP contribution in [0.5, 0.6) is 11.5 Å². The molecule has 1 aliphatic heterocycles. The predicted octanol–water partition coefficient (Wildman–Crippen LogP) is 4.66. The highest BCUT2D eigenvalue weighted by Crippen LogP contribution is 2.50. The van der Waals surface area contributed by atoms with Crippen molar-refractivity contribution in [2.75, 3.05) is 13.7 Å². The number of rotatable bonds is 9. The summed E-state index contributed by atoms with van der Waals surface area (Å²) in [5, 5.41) is 6.35. The van der Waals surface area contributed by atoms with Crippen LogP contribution in [0.25, 0.3) is 0 Å². The number of halogens is 2. The molecule has 4 rings (SSSR count). The first-order valence-corrected chi connectivity index (χ1v) is 10.9. The third-order valence-electron chi connectivity index (χ3n) is 6.05. The number of nitrogens with zero attached hydrogens (tertiary/aromatic N) is 1. The number of carbonyl (C=O) groups excluding carboxylic acids is 1. The minimum atomic E-state index is -1.08. The Hall–Kier alpha value is -3.42. The van der Waals surface area contributed by atoms with Crippen molar-refractivity contribution in [1.29, 1.82) is 0 Å². The lowest BCUT2D eigenvalue weighted by molar-refractivity contribution is -0.122. The van der Waals surface area contributed by atoms with E-state index in [-0.39, 0.29) is 17.4 Å². The van der Waals surface area contributed by atoms with Crippen molar-refractivity contribution >= 4 is 11.7 Å². The van der Waals surface area contributed by atoms with E-state index in [4.69, 9.17) is 9.47 Å². The molecule has 1 aliphatic carbocycles. The van der Waals surface area contributed by atoms with Gasteiger partial charge in [-0.3, -0.25) is 4.79 Å². The maximum absolute atomic E-state index is 13.2. The molecule has 0 bridgehead atoms. The van der Waals surface area contributed by atoms with Gasteiger partial charge >= 0.3 is 0 Å². The standard InChI is InChI=1S/C25H27F2N3O3/c1-17-7-10-22(29-23(17)28-14-18-5-3-2-4-6-18)30-24(31)25(11-12-25)19-8-9-20(32-15-26)21(13-19)33-16-27/h2-6,8-9,13,28H,7,10-12,14-16H2,1H3,(H,29,30,31). The van der Waals surface area contributed by atoms with E-state index in [1.165, 1.54) is 6.07 Å². The number of nitrogens with one attached hydrogen (secondary N) is 2. The van der Waals surface area contributed by atoms with Gasteiger partial charge in [-0.25, -0.2) is 13.8 Å². The Morgan fingerprint density at radius 1 is 1.03 bits per heavy atom. The first-order valence-electron chi connectivity index (χ1n) is 10.9. The van der Waals surface area contributed by atoms with E-state index < -0.39 is 19.1 Å². The second kappa shape index (κ2) is 10.0. The molecule has 1 amide bonds. The van der Waals surface area contributed by atoms with Crippen molar-refractivity contribution in [1.82, 2.24) is 10.6 Å². The maximum Gasteiger partial charge on any atom is 0.235 e. The van der Waals surface area contributed by atoms with E-state index in [9.17, 15) is 13.6 Å². The van der Waals surface area contributed by atoms with Gasteiger partial charge in [-0.05, 0) is 55.0 Å². The number of allylic oxidation sites excluding steroid dienone is 1. The van der Waals surface area contributed by atoms with Crippen LogP contribution in [0.1, 0.15) is 43.7 Å². The maximum atomic E-state index is 13.2. The molecular formula is C25H27F2N3O3. The molecule has 1 fully saturated rings. The molecule has 2 aromatic carbocycles. The lowest BCUT2D eigenvalue weighted by atomic mass is 9.94. The van der Waals surface area contributed by atoms with Gasteiger partial charge in [0.15, 0.2) is 11.5 Å². The minimum absolute atomic E-state index is 0.0766. The summed E-state index contributed by atoms with van der Waals surface area (Å²) >= 11 is 0. The zero-order valence-corrected chi connectivity index (χ0v) is 18.5. The van der Waals surface area contributed by atoms with Crippen LogP contribution in [-0.4, -0.2) is 25.5 Å². The second-order valence-electron chi connectivity index (χ2n) is 8.23. The van der Waals surface area contributed by atoms with Crippen molar-refractivity contribution in [3.63, 3.8) is 0 Å². The predicted molar refractivity (Wildman–Crippen MR) is 121 cm³/mol. The zero-order chi connectivity index (χ0) is 23.3. The molecule has 0 spiro atoms. The van der Waals surface area contributed by atoms with Crippen molar-refractivity contribution < 1.29 is 23.0 Å². The lowest BCUT2D eigenvalue weighted by Gasteiger charge is -2.22. The number of carbonyl (C=O) groups is 1. The summed E-state index contributed by atoms with van der Waals surface area (Å²) < 4.78 is 35.2. The summed E-state index contributed by atoms with van der Waals surface area (Å²) in [7, 11) is 0. The van der Waals surface area contributed by atoms with E-state index in [0.717, 1.165) is 23.4 Å². The summed E-state index contributed by atoms with van der Waals surface area (Å²) in [6, 6.07) is 14.8. The van der Waals surface area contributed by atoms with Crippen molar-refractivity contribution in [3.05, 3.63) is 71.1 Å². The van der Waals surface area contributed by atoms with Crippen LogP contribution in [0, 0.1) is 0 Å². The second-order valence-corrected chi connectivity index (χ2v) is 8.23. The van der Waals surface area contributed by atoms with E-state index in [1.807, 2.05) is 37.3 Å². The average molecular weight is 456 g/mol. The van der Waals surface area contributed by atoms with Crippen molar-refractivity contribution in [2.45, 2.75) is 44.6 Å². The molecule has 0 radical (unpaired) electrons. The average Bonchev–Trinajstić information content (AvgIpc) is 3.64. The number of benzene rings is 2. The lowest BCUT2D eigenvalue weighted by Crippen LogP contribution is -2.40. The van der Waals surface area contributed by atoms with Crippen LogP contribution >= 0.6 is 0 Å². The van der Waals surface area contributed by atoms with Gasteiger partial charge in [0.25, 0.3) is 0 Å². The summed E-state index contributed by atoms with van der Waals surface area (Å²) in [5.41, 5.74) is 2.23. The highest BCUT2D eigenvalue weighted by Gasteiger charge is 2.52. The quantitative estimate of drug-likeness (QED) is 0.577. The Bertz CT molecular complexity index is 1070. The van der Waals surface area contributed by atoms with Crippen LogP contribution in [0.2, 0.25) is 0 Å². The van der Waals surface area contributed by atoms with Crippen LogP contribution in [-0.2, 0) is 16.8 Å². The van der Waals surface area contributed by atoms with Crippen molar-refractivity contribution in [2.24, 2.45) is 4.99 Å². The Kier molecular flexibility index (Phi) is 6.91. The van der Waals surface area contributed by atoms with Crippen LogP contribution < -0.4 is 20.1 Å². The number of ether oxygens (including phenoxy) is 2. The normalized spacial score (nSPS) is 16.6. The van der Waals surface area contributed by atoms with Gasteiger partial charge in [0.2, 0.25) is 19.6 Å². The highest BCUT2D eigenvalue weighted by atomic mass is 19.1. The number of amides is 1. The molecule has 8 heteroatoms. The number of amidine groups is 1. The van der Waals surface area contributed by atoms with Crippen LogP contribution in [0.4, 0.5) is 8.78 Å². The fourth-order valence-corrected chi connectivity index (χ4v) is 3.95. The zero-order valence-electron chi connectivity index (χ0n) is 18.5. The Morgan fingerprint density at radius 2 is 1.76 bits per heavy atom. The first-order chi connectivity index (χ1) is 16.1. The fourth-order valence-electron chi connectivity index (χ4n) is 3.95. The smallest absolute Gasteiger partial charge is 0.235 e. The topological polar surface area (TPSA) is 72.0 Å². The third-order valence-corrected chi connectivity index (χ3v) is 6.05. The van der Waals surface area contributed by atoms with Gasteiger partial charge in [-0.15, -0.1) is 0 Å². The summed E-state index contributed by atoms with van der Waals surface area (Å²) in [4.78, 5) is 17.9. The molecule has 0 unspecified atom stereocenters. The number of hydrogen-bond acceptors (Lipinski definition) is 5. The summed E-state index contributed by atoms with van der Waals surface area (Å²) in [6.45, 7) is 0.547. The molecule has 174 valence electrons. The molecular weight excluding hydrogens is 428 g/mol. The van der Waals surface area contributed by atoms with Crippen LogP contribution in [0.15, 0.2) is 64.9 Å². The minimum Gasteiger partial charge on any atom is -0.459 e. The van der Waals surface area contributed by atoms with E-state index >= 15 is 0 Å². The molecule has 1 saturated carbocycles. The number of alkyl halides is 2. The molecule has 33 heavy (non-hydrogen) atoms. The van der Waals surface area contributed by atoms with Gasteiger partial charge < -0.3 is 20.1 Å². The number of hydrogen-bond donors (Lipinski definition) is 2. The fraction of sp³-hybridized carbons (Fsp3) is 0.360. The van der Waals surface area contributed by atoms with Gasteiger partial charge in [-0.1, -0.05) is 36.4 Å². The van der Waals surface area contributed by atoms with Crippen molar-refractivity contribution in [3.8, 4) is 11.5 Å².